The zero-order chi connectivity index (χ0) is 14.6. The molecule has 106 valence electrons. The minimum absolute atomic E-state index is 0.0663. The van der Waals surface area contributed by atoms with Gasteiger partial charge in [-0.1, -0.05) is 50.2 Å². The van der Waals surface area contributed by atoms with E-state index in [0.29, 0.717) is 0 Å². The van der Waals surface area contributed by atoms with Crippen LogP contribution < -0.4 is 5.32 Å². The second kappa shape index (κ2) is 6.87. The average molecular weight is 320 g/mol. The molecule has 0 unspecified atom stereocenters. The smallest absolute Gasteiger partial charge is 0.226 e. The van der Waals surface area contributed by atoms with E-state index in [1.54, 1.807) is 0 Å². The lowest BCUT2D eigenvalue weighted by atomic mass is 9.96. The normalized spacial score (nSPS) is 13.4. The molecular weight excluding hydrogens is 301 g/mol. The van der Waals surface area contributed by atoms with Crippen molar-refractivity contribution >= 4 is 40.9 Å². The fourth-order valence-electron chi connectivity index (χ4n) is 1.25. The number of thioether (sulfide) groups is 1. The van der Waals surface area contributed by atoms with Crippen LogP contribution in [0.2, 0.25) is 0 Å². The van der Waals surface area contributed by atoms with Crippen LogP contribution in [0.1, 0.15) is 26.3 Å². The first kappa shape index (κ1) is 16.7. The second-order valence-electron chi connectivity index (χ2n) is 5.41. The molecule has 19 heavy (non-hydrogen) atoms. The van der Waals surface area contributed by atoms with E-state index in [-0.39, 0.29) is 11.3 Å². The minimum atomic E-state index is -0.669. The fourth-order valence-corrected chi connectivity index (χ4v) is 2.54. The van der Waals surface area contributed by atoms with Gasteiger partial charge in [0, 0.05) is 10.3 Å². The van der Waals surface area contributed by atoms with Crippen molar-refractivity contribution < 1.29 is 4.79 Å². The number of hydrogen-bond acceptors (Lipinski definition) is 2. The molecule has 5 heteroatoms. The van der Waals surface area contributed by atoms with E-state index in [1.807, 2.05) is 52.0 Å². The first-order chi connectivity index (χ1) is 8.70. The van der Waals surface area contributed by atoms with E-state index in [9.17, 15) is 4.79 Å². The summed E-state index contributed by atoms with van der Waals surface area (Å²) in [5.41, 5.74) is 0.724. The number of hydrogen-bond donors (Lipinski definition) is 1. The first-order valence-electron chi connectivity index (χ1n) is 6.02. The monoisotopic (exact) mass is 319 g/mol. The van der Waals surface area contributed by atoms with E-state index in [1.165, 1.54) is 17.3 Å². The van der Waals surface area contributed by atoms with Crippen molar-refractivity contribution in [3.63, 3.8) is 0 Å². The largest absolute Gasteiger partial charge is 0.341 e. The lowest BCUT2D eigenvalue weighted by Gasteiger charge is -2.24. The van der Waals surface area contributed by atoms with E-state index in [2.05, 4.69) is 5.32 Å². The van der Waals surface area contributed by atoms with Crippen LogP contribution in [0.25, 0.3) is 0 Å². The molecule has 1 aromatic carbocycles. The highest BCUT2D eigenvalue weighted by Crippen LogP contribution is 2.29. The third kappa shape index (κ3) is 5.64. The zero-order valence-electron chi connectivity index (χ0n) is 11.5. The molecule has 0 aliphatic rings. The summed E-state index contributed by atoms with van der Waals surface area (Å²) in [5, 5.41) is 2.52. The topological polar surface area (TPSA) is 29.1 Å². The molecule has 1 rings (SSSR count). The number of nitrogens with one attached hydrogen (secondary N) is 1. The van der Waals surface area contributed by atoms with Gasteiger partial charge < -0.3 is 5.32 Å². The zero-order valence-corrected chi connectivity index (χ0v) is 13.9. The molecule has 1 atom stereocenters. The van der Waals surface area contributed by atoms with Gasteiger partial charge in [-0.15, -0.1) is 23.2 Å². The Morgan fingerprint density at radius 2 is 1.74 bits per heavy atom. The van der Waals surface area contributed by atoms with Crippen LogP contribution >= 0.6 is 35.0 Å². The van der Waals surface area contributed by atoms with Gasteiger partial charge in [-0.25, -0.2) is 0 Å². The van der Waals surface area contributed by atoms with Crippen molar-refractivity contribution in [3.05, 3.63) is 29.8 Å². The highest BCUT2D eigenvalue weighted by Gasteiger charge is 2.27. The molecule has 0 aliphatic heterocycles. The molecule has 0 bridgehead atoms. The Balaban J connectivity index is 2.74. The van der Waals surface area contributed by atoms with Crippen molar-refractivity contribution in [3.8, 4) is 0 Å². The molecule has 1 amide bonds. The maximum atomic E-state index is 12.0. The summed E-state index contributed by atoms with van der Waals surface area (Å²) >= 11 is 13.4. The lowest BCUT2D eigenvalue weighted by molar-refractivity contribution is -0.128. The van der Waals surface area contributed by atoms with Gasteiger partial charge in [-0.2, -0.15) is 0 Å². The summed E-state index contributed by atoms with van der Waals surface area (Å²) in [6.45, 7) is 7.59. The molecule has 0 aliphatic carbocycles. The summed E-state index contributed by atoms with van der Waals surface area (Å²) in [6.07, 6.45) is 0. The fraction of sp³-hybridized carbons (Fsp3) is 0.500. The molecule has 0 radical (unpaired) electrons. The van der Waals surface area contributed by atoms with Gasteiger partial charge in [-0.3, -0.25) is 4.79 Å². The average Bonchev–Trinajstić information content (AvgIpc) is 2.29. The molecule has 0 fully saturated rings. The maximum absolute atomic E-state index is 12.0. The third-order valence-corrected chi connectivity index (χ3v) is 4.46. The van der Waals surface area contributed by atoms with Gasteiger partial charge in [0.15, 0.2) is 0 Å². The SMILES string of the molecule is Cc1ccc(S[C@@H](NC(=O)C(C)(C)C)C(Cl)Cl)cc1. The summed E-state index contributed by atoms with van der Waals surface area (Å²) in [7, 11) is 0. The number of rotatable bonds is 4. The van der Waals surface area contributed by atoms with Crippen molar-refractivity contribution in [2.24, 2.45) is 5.41 Å². The third-order valence-electron chi connectivity index (χ3n) is 2.47. The van der Waals surface area contributed by atoms with Crippen LogP contribution in [-0.4, -0.2) is 16.1 Å². The number of amides is 1. The molecular formula is C14H19Cl2NOS. The van der Waals surface area contributed by atoms with Crippen LogP contribution in [-0.2, 0) is 4.79 Å². The molecule has 0 aromatic heterocycles. The Kier molecular flexibility index (Phi) is 6.03. The van der Waals surface area contributed by atoms with Crippen LogP contribution in [0.15, 0.2) is 29.2 Å². The van der Waals surface area contributed by atoms with Crippen molar-refractivity contribution in [2.45, 2.75) is 42.8 Å². The summed E-state index contributed by atoms with van der Waals surface area (Å²) in [5.74, 6) is -0.0663. The van der Waals surface area contributed by atoms with Crippen LogP contribution in [0.4, 0.5) is 0 Å². The van der Waals surface area contributed by atoms with Crippen LogP contribution in [0.5, 0.6) is 0 Å². The van der Waals surface area contributed by atoms with Gasteiger partial charge in [0.25, 0.3) is 0 Å². The van der Waals surface area contributed by atoms with Gasteiger partial charge in [0.2, 0.25) is 5.91 Å². The lowest BCUT2D eigenvalue weighted by Crippen LogP contribution is -2.42. The van der Waals surface area contributed by atoms with Gasteiger partial charge in [-0.05, 0) is 19.1 Å². The van der Waals surface area contributed by atoms with Gasteiger partial charge in [0.05, 0.1) is 0 Å². The quantitative estimate of drug-likeness (QED) is 0.507. The second-order valence-corrected chi connectivity index (χ2v) is 7.79. The predicted molar refractivity (Wildman–Crippen MR) is 83.9 cm³/mol. The number of alkyl halides is 2. The number of halogens is 2. The van der Waals surface area contributed by atoms with Crippen molar-refractivity contribution in [1.82, 2.24) is 5.32 Å². The summed E-state index contributed by atoms with van der Waals surface area (Å²) in [4.78, 5) is 12.3. The maximum Gasteiger partial charge on any atom is 0.226 e. The number of benzene rings is 1. The molecule has 0 saturated heterocycles. The van der Waals surface area contributed by atoms with Gasteiger partial charge in [0.1, 0.15) is 10.2 Å². The molecule has 2 nitrogen and oxygen atoms in total. The first-order valence-corrected chi connectivity index (χ1v) is 7.78. The Morgan fingerprint density at radius 1 is 1.21 bits per heavy atom. The molecule has 0 saturated carbocycles. The van der Waals surface area contributed by atoms with Gasteiger partial charge >= 0.3 is 0 Å². The van der Waals surface area contributed by atoms with Crippen LogP contribution in [0, 0.1) is 12.3 Å². The number of carbonyl (C=O) groups is 1. The Bertz CT molecular complexity index is 426. The van der Waals surface area contributed by atoms with E-state index in [4.69, 9.17) is 23.2 Å². The highest BCUT2D eigenvalue weighted by atomic mass is 35.5. The Labute approximate surface area is 129 Å². The number of aryl methyl sites for hydroxylation is 1. The summed E-state index contributed by atoms with van der Waals surface area (Å²) in [6, 6.07) is 8.02. The minimum Gasteiger partial charge on any atom is -0.341 e. The van der Waals surface area contributed by atoms with Crippen LogP contribution in [0.3, 0.4) is 0 Å². The standard InChI is InChI=1S/C14H19Cl2NOS/c1-9-5-7-10(8-6-9)19-12(11(15)16)17-13(18)14(2,3)4/h5-8,11-12H,1-4H3,(H,17,18)/t12-/m1/s1. The molecule has 1 aromatic rings. The predicted octanol–water partition coefficient (Wildman–Crippen LogP) is 4.38. The molecule has 0 heterocycles. The summed E-state index contributed by atoms with van der Waals surface area (Å²) < 4.78 is 0. The number of carbonyl (C=O) groups excluding carboxylic acids is 1. The van der Waals surface area contributed by atoms with E-state index in [0.717, 1.165) is 4.90 Å². The molecule has 1 N–H and O–H groups in total. The molecule has 0 spiro atoms. The Hall–Kier alpha value is -0.380. The highest BCUT2D eigenvalue weighted by molar-refractivity contribution is 8.00. The van der Waals surface area contributed by atoms with Crippen molar-refractivity contribution in [1.29, 1.82) is 0 Å². The van der Waals surface area contributed by atoms with Crippen molar-refractivity contribution in [2.75, 3.05) is 0 Å². The van der Waals surface area contributed by atoms with E-state index >= 15 is 0 Å². The van der Waals surface area contributed by atoms with E-state index < -0.39 is 10.3 Å². The Morgan fingerprint density at radius 3 is 2.16 bits per heavy atom.